The Morgan fingerprint density at radius 1 is 1.62 bits per heavy atom. The van der Waals surface area contributed by atoms with E-state index in [0.29, 0.717) is 12.4 Å². The van der Waals surface area contributed by atoms with Crippen molar-refractivity contribution < 1.29 is 4.79 Å². The molecule has 0 aromatic carbocycles. The first-order valence-corrected chi connectivity index (χ1v) is 7.04. The van der Waals surface area contributed by atoms with Crippen LogP contribution in [-0.2, 0) is 0 Å². The number of halogens is 1. The van der Waals surface area contributed by atoms with Crippen molar-refractivity contribution in [2.45, 2.75) is 18.9 Å². The van der Waals surface area contributed by atoms with Gasteiger partial charge < -0.3 is 15.1 Å². The molecule has 2 heterocycles. The van der Waals surface area contributed by atoms with Crippen molar-refractivity contribution in [3.63, 3.8) is 0 Å². The van der Waals surface area contributed by atoms with Gasteiger partial charge in [-0.1, -0.05) is 11.6 Å². The number of rotatable bonds is 2. The molecule has 21 heavy (non-hydrogen) atoms. The van der Waals surface area contributed by atoms with Crippen LogP contribution in [0.4, 0.5) is 10.6 Å². The summed E-state index contributed by atoms with van der Waals surface area (Å²) in [5.74, 6) is 0.628. The molecule has 1 aliphatic rings. The van der Waals surface area contributed by atoms with Crippen molar-refractivity contribution in [2.75, 3.05) is 32.1 Å². The SMILES string of the molecule is CN(C)C(=O)N[C@@H]1CCCN(c2cnc(C#N)c(Cl)n2)C1. The van der Waals surface area contributed by atoms with Crippen molar-refractivity contribution in [2.24, 2.45) is 0 Å². The van der Waals surface area contributed by atoms with Crippen LogP contribution in [0.15, 0.2) is 6.20 Å². The summed E-state index contributed by atoms with van der Waals surface area (Å²) < 4.78 is 0. The van der Waals surface area contributed by atoms with Gasteiger partial charge in [-0.25, -0.2) is 14.8 Å². The quantitative estimate of drug-likeness (QED) is 0.888. The van der Waals surface area contributed by atoms with E-state index >= 15 is 0 Å². The van der Waals surface area contributed by atoms with Gasteiger partial charge in [0.15, 0.2) is 10.8 Å². The number of piperidine rings is 1. The van der Waals surface area contributed by atoms with Crippen LogP contribution in [0.2, 0.25) is 5.15 Å². The van der Waals surface area contributed by atoms with Crippen LogP contribution in [0, 0.1) is 11.3 Å². The van der Waals surface area contributed by atoms with E-state index in [1.54, 1.807) is 20.3 Å². The molecule has 0 unspecified atom stereocenters. The van der Waals surface area contributed by atoms with E-state index in [4.69, 9.17) is 16.9 Å². The van der Waals surface area contributed by atoms with Crippen LogP contribution in [0.1, 0.15) is 18.5 Å². The standard InChI is InChI=1S/C13H17ClN6O/c1-19(2)13(21)17-9-4-3-5-20(8-9)11-7-16-10(6-15)12(14)18-11/h7,9H,3-5,8H2,1-2H3,(H,17,21)/t9-/m1/s1. The molecule has 0 bridgehead atoms. The zero-order valence-corrected chi connectivity index (χ0v) is 12.8. The maximum Gasteiger partial charge on any atom is 0.317 e. The average Bonchev–Trinajstić information content (AvgIpc) is 2.47. The molecular weight excluding hydrogens is 292 g/mol. The summed E-state index contributed by atoms with van der Waals surface area (Å²) in [6.07, 6.45) is 3.41. The highest BCUT2D eigenvalue weighted by molar-refractivity contribution is 6.30. The Balaban J connectivity index is 2.06. The number of anilines is 1. The van der Waals surface area contributed by atoms with Gasteiger partial charge in [-0.05, 0) is 12.8 Å². The largest absolute Gasteiger partial charge is 0.353 e. The predicted octanol–water partition coefficient (Wildman–Crippen LogP) is 1.24. The van der Waals surface area contributed by atoms with Gasteiger partial charge >= 0.3 is 6.03 Å². The number of hydrogen-bond acceptors (Lipinski definition) is 5. The number of hydrogen-bond donors (Lipinski definition) is 1. The summed E-state index contributed by atoms with van der Waals surface area (Å²) in [4.78, 5) is 23.4. The van der Waals surface area contributed by atoms with E-state index in [9.17, 15) is 4.79 Å². The summed E-state index contributed by atoms with van der Waals surface area (Å²) in [5.41, 5.74) is 0.120. The third-order valence-corrected chi connectivity index (χ3v) is 3.57. The molecule has 1 atom stereocenters. The van der Waals surface area contributed by atoms with Crippen LogP contribution >= 0.6 is 11.6 Å². The number of carbonyl (C=O) groups is 1. The zero-order valence-electron chi connectivity index (χ0n) is 12.0. The van der Waals surface area contributed by atoms with Crippen molar-refractivity contribution in [1.82, 2.24) is 20.2 Å². The lowest BCUT2D eigenvalue weighted by Crippen LogP contribution is -2.50. The number of nitrogens with zero attached hydrogens (tertiary/aromatic N) is 5. The number of urea groups is 1. The fourth-order valence-corrected chi connectivity index (χ4v) is 2.37. The highest BCUT2D eigenvalue weighted by Gasteiger charge is 2.23. The first-order chi connectivity index (χ1) is 10.0. The van der Waals surface area contributed by atoms with Gasteiger partial charge in [-0.15, -0.1) is 0 Å². The summed E-state index contributed by atoms with van der Waals surface area (Å²) in [7, 11) is 3.42. The number of nitriles is 1. The second kappa shape index (κ2) is 6.59. The van der Waals surface area contributed by atoms with E-state index in [2.05, 4.69) is 15.3 Å². The molecule has 1 aromatic rings. The molecule has 112 valence electrons. The molecular formula is C13H17ClN6O. The van der Waals surface area contributed by atoms with Crippen LogP contribution < -0.4 is 10.2 Å². The van der Waals surface area contributed by atoms with Crippen LogP contribution in [0.5, 0.6) is 0 Å². The lowest BCUT2D eigenvalue weighted by molar-refractivity contribution is 0.211. The Morgan fingerprint density at radius 3 is 3.00 bits per heavy atom. The van der Waals surface area contributed by atoms with Crippen LogP contribution in [-0.4, -0.2) is 54.1 Å². The Labute approximate surface area is 128 Å². The molecule has 2 amide bonds. The van der Waals surface area contributed by atoms with Gasteiger partial charge in [0, 0.05) is 33.2 Å². The smallest absolute Gasteiger partial charge is 0.317 e. The molecule has 7 nitrogen and oxygen atoms in total. The molecule has 1 aromatic heterocycles. The molecule has 2 rings (SSSR count). The number of aromatic nitrogens is 2. The predicted molar refractivity (Wildman–Crippen MR) is 79.2 cm³/mol. The lowest BCUT2D eigenvalue weighted by Gasteiger charge is -2.34. The molecule has 0 saturated carbocycles. The second-order valence-corrected chi connectivity index (χ2v) is 5.47. The summed E-state index contributed by atoms with van der Waals surface area (Å²) in [5, 5.41) is 11.9. The van der Waals surface area contributed by atoms with E-state index < -0.39 is 0 Å². The van der Waals surface area contributed by atoms with E-state index in [1.165, 1.54) is 4.90 Å². The first kappa shape index (κ1) is 15.3. The van der Waals surface area contributed by atoms with Crippen LogP contribution in [0.3, 0.4) is 0 Å². The van der Waals surface area contributed by atoms with Crippen molar-refractivity contribution in [3.05, 3.63) is 17.0 Å². The monoisotopic (exact) mass is 308 g/mol. The van der Waals surface area contributed by atoms with Gasteiger partial charge in [-0.3, -0.25) is 0 Å². The summed E-state index contributed by atoms with van der Waals surface area (Å²) in [6, 6.07) is 1.84. The Morgan fingerprint density at radius 2 is 2.38 bits per heavy atom. The van der Waals surface area contributed by atoms with Gasteiger partial charge in [-0.2, -0.15) is 5.26 Å². The molecule has 0 radical (unpaired) electrons. The maximum absolute atomic E-state index is 11.7. The lowest BCUT2D eigenvalue weighted by atomic mass is 10.1. The van der Waals surface area contributed by atoms with Gasteiger partial charge in [0.25, 0.3) is 0 Å². The minimum Gasteiger partial charge on any atom is -0.353 e. The second-order valence-electron chi connectivity index (χ2n) is 5.11. The fraction of sp³-hybridized carbons (Fsp3) is 0.538. The number of nitrogens with one attached hydrogen (secondary N) is 1. The normalized spacial score (nSPS) is 18.0. The Bertz CT molecular complexity index is 570. The third kappa shape index (κ3) is 3.73. The van der Waals surface area contributed by atoms with Gasteiger partial charge in [0.1, 0.15) is 11.9 Å². The number of carbonyl (C=O) groups excluding carboxylic acids is 1. The fourth-order valence-electron chi connectivity index (χ4n) is 2.19. The topological polar surface area (TPSA) is 85.2 Å². The zero-order chi connectivity index (χ0) is 15.4. The summed E-state index contributed by atoms with van der Waals surface area (Å²) >= 11 is 5.91. The van der Waals surface area contributed by atoms with Crippen molar-refractivity contribution >= 4 is 23.4 Å². The molecule has 1 saturated heterocycles. The van der Waals surface area contributed by atoms with Crippen LogP contribution in [0.25, 0.3) is 0 Å². The van der Waals surface area contributed by atoms with Gasteiger partial charge in [0.05, 0.1) is 6.20 Å². The van der Waals surface area contributed by atoms with E-state index in [1.807, 2.05) is 11.0 Å². The molecule has 1 N–H and O–H groups in total. The summed E-state index contributed by atoms with van der Waals surface area (Å²) in [6.45, 7) is 1.47. The van der Waals surface area contributed by atoms with Crippen molar-refractivity contribution in [3.8, 4) is 6.07 Å². The van der Waals surface area contributed by atoms with E-state index in [-0.39, 0.29) is 22.9 Å². The Hall–Kier alpha value is -2.07. The van der Waals surface area contributed by atoms with Crippen molar-refractivity contribution in [1.29, 1.82) is 5.26 Å². The van der Waals surface area contributed by atoms with Gasteiger partial charge in [0.2, 0.25) is 0 Å². The molecule has 0 spiro atoms. The average molecular weight is 309 g/mol. The number of amides is 2. The highest BCUT2D eigenvalue weighted by Crippen LogP contribution is 2.20. The molecule has 0 aliphatic carbocycles. The minimum atomic E-state index is -0.106. The third-order valence-electron chi connectivity index (χ3n) is 3.30. The first-order valence-electron chi connectivity index (χ1n) is 6.66. The highest BCUT2D eigenvalue weighted by atomic mass is 35.5. The molecule has 8 heteroatoms. The molecule has 1 aliphatic heterocycles. The molecule has 1 fully saturated rings. The minimum absolute atomic E-state index is 0.0601. The Kier molecular flexibility index (Phi) is 4.81. The van der Waals surface area contributed by atoms with E-state index in [0.717, 1.165) is 19.4 Å². The maximum atomic E-state index is 11.7.